The maximum absolute atomic E-state index is 12.6. The van der Waals surface area contributed by atoms with Crippen molar-refractivity contribution < 1.29 is 9.53 Å². The fourth-order valence-electron chi connectivity index (χ4n) is 2.74. The van der Waals surface area contributed by atoms with E-state index in [4.69, 9.17) is 4.74 Å². The first-order chi connectivity index (χ1) is 13.5. The molecule has 2 atom stereocenters. The molecule has 0 saturated heterocycles. The molecule has 0 aliphatic rings. The lowest BCUT2D eigenvalue weighted by molar-refractivity contribution is -0.120. The number of nitrogens with one attached hydrogen (secondary N) is 1. The van der Waals surface area contributed by atoms with Crippen LogP contribution in [0.4, 0.5) is 0 Å². The third-order valence-electron chi connectivity index (χ3n) is 4.31. The third-order valence-corrected chi connectivity index (χ3v) is 5.35. The summed E-state index contributed by atoms with van der Waals surface area (Å²) in [5, 5.41) is 15.1. The van der Waals surface area contributed by atoms with Gasteiger partial charge in [0.1, 0.15) is 11.4 Å². The molecule has 28 heavy (non-hydrogen) atoms. The zero-order chi connectivity index (χ0) is 20.1. The molecule has 7 nitrogen and oxygen atoms in total. The number of thioether (sulfide) groups is 1. The molecule has 1 N–H and O–H groups in total. The molecular formula is C20H23N5O2S. The highest BCUT2D eigenvalue weighted by molar-refractivity contribution is 8.00. The predicted molar refractivity (Wildman–Crippen MR) is 109 cm³/mol. The predicted octanol–water partition coefficient (Wildman–Crippen LogP) is 3.34. The number of carbonyl (C=O) groups is 1. The van der Waals surface area contributed by atoms with Crippen LogP contribution in [-0.2, 0) is 4.79 Å². The highest BCUT2D eigenvalue weighted by Crippen LogP contribution is 2.29. The minimum atomic E-state index is -0.369. The highest BCUT2D eigenvalue weighted by Gasteiger charge is 2.22. The number of ether oxygens (including phenoxy) is 1. The number of tetrazole rings is 1. The Hall–Kier alpha value is -2.87. The monoisotopic (exact) mass is 397 g/mol. The van der Waals surface area contributed by atoms with Gasteiger partial charge < -0.3 is 10.1 Å². The van der Waals surface area contributed by atoms with Gasteiger partial charge in [0, 0.05) is 0 Å². The number of aryl methyl sites for hydroxylation is 1. The van der Waals surface area contributed by atoms with Gasteiger partial charge in [-0.3, -0.25) is 4.79 Å². The van der Waals surface area contributed by atoms with Crippen molar-refractivity contribution in [2.75, 3.05) is 7.11 Å². The molecule has 1 aromatic heterocycles. The van der Waals surface area contributed by atoms with Crippen molar-refractivity contribution in [3.8, 4) is 11.4 Å². The second kappa shape index (κ2) is 8.88. The molecule has 3 aromatic rings. The Balaban J connectivity index is 1.74. The number of nitrogens with zero attached hydrogens (tertiary/aromatic N) is 4. The number of benzene rings is 2. The molecule has 0 radical (unpaired) electrons. The number of rotatable bonds is 7. The second-order valence-corrected chi connectivity index (χ2v) is 7.76. The molecule has 1 amide bonds. The van der Waals surface area contributed by atoms with Crippen LogP contribution in [0.5, 0.6) is 5.75 Å². The minimum Gasteiger partial charge on any atom is -0.494 e. The van der Waals surface area contributed by atoms with Crippen LogP contribution in [0.25, 0.3) is 5.69 Å². The van der Waals surface area contributed by atoms with Crippen LogP contribution < -0.4 is 10.1 Å². The van der Waals surface area contributed by atoms with E-state index in [0.717, 1.165) is 16.8 Å². The van der Waals surface area contributed by atoms with Crippen molar-refractivity contribution in [2.24, 2.45) is 0 Å². The van der Waals surface area contributed by atoms with Crippen molar-refractivity contribution in [3.05, 3.63) is 59.7 Å². The summed E-state index contributed by atoms with van der Waals surface area (Å²) >= 11 is 1.30. The van der Waals surface area contributed by atoms with Gasteiger partial charge in [-0.15, -0.1) is 5.10 Å². The van der Waals surface area contributed by atoms with E-state index >= 15 is 0 Å². The average Bonchev–Trinajstić information content (AvgIpc) is 3.16. The molecule has 2 unspecified atom stereocenters. The summed E-state index contributed by atoms with van der Waals surface area (Å²) in [6, 6.07) is 15.6. The summed E-state index contributed by atoms with van der Waals surface area (Å²) in [5.74, 6) is 0.585. The van der Waals surface area contributed by atoms with Crippen LogP contribution in [0.2, 0.25) is 0 Å². The van der Waals surface area contributed by atoms with Crippen LogP contribution in [0.1, 0.15) is 31.0 Å². The molecule has 0 aliphatic heterocycles. The average molecular weight is 398 g/mol. The molecule has 0 bridgehead atoms. The number of methoxy groups -OCH3 is 1. The lowest BCUT2D eigenvalue weighted by atomic mass is 10.1. The second-order valence-electron chi connectivity index (χ2n) is 6.45. The molecule has 0 saturated carbocycles. The smallest absolute Gasteiger partial charge is 0.233 e. The van der Waals surface area contributed by atoms with E-state index in [1.165, 1.54) is 11.8 Å². The van der Waals surface area contributed by atoms with Crippen molar-refractivity contribution in [1.82, 2.24) is 25.5 Å². The zero-order valence-electron chi connectivity index (χ0n) is 16.3. The van der Waals surface area contributed by atoms with E-state index in [1.54, 1.807) is 11.8 Å². The Morgan fingerprint density at radius 1 is 1.18 bits per heavy atom. The molecule has 0 aliphatic carbocycles. The van der Waals surface area contributed by atoms with Crippen LogP contribution in [-0.4, -0.2) is 38.5 Å². The Kier molecular flexibility index (Phi) is 6.30. The van der Waals surface area contributed by atoms with Crippen molar-refractivity contribution >= 4 is 17.7 Å². The molecule has 8 heteroatoms. The molecule has 2 aromatic carbocycles. The van der Waals surface area contributed by atoms with E-state index in [0.29, 0.717) is 10.9 Å². The van der Waals surface area contributed by atoms with Crippen molar-refractivity contribution in [3.63, 3.8) is 0 Å². The Morgan fingerprint density at radius 3 is 2.64 bits per heavy atom. The van der Waals surface area contributed by atoms with Gasteiger partial charge >= 0.3 is 0 Å². The molecule has 0 fully saturated rings. The van der Waals surface area contributed by atoms with Gasteiger partial charge in [0.2, 0.25) is 11.1 Å². The fourth-order valence-corrected chi connectivity index (χ4v) is 3.55. The van der Waals surface area contributed by atoms with E-state index in [1.807, 2.05) is 69.3 Å². The normalized spacial score (nSPS) is 13.0. The summed E-state index contributed by atoms with van der Waals surface area (Å²) in [4.78, 5) is 12.6. The van der Waals surface area contributed by atoms with Gasteiger partial charge in [0.05, 0.1) is 18.4 Å². The van der Waals surface area contributed by atoms with Crippen LogP contribution in [0.15, 0.2) is 53.7 Å². The van der Waals surface area contributed by atoms with Gasteiger partial charge in [0.25, 0.3) is 0 Å². The SMILES string of the molecule is COc1ccc(C)cc1-n1nnnc1SC(C)C(=O)NC(C)c1ccccc1. The highest BCUT2D eigenvalue weighted by atomic mass is 32.2. The lowest BCUT2D eigenvalue weighted by Crippen LogP contribution is -2.33. The standard InChI is InChI=1S/C20H23N5O2S/c1-13-10-11-18(27-4)17(12-13)25-20(22-23-24-25)28-15(3)19(26)21-14(2)16-8-6-5-7-9-16/h5-12,14-15H,1-4H3,(H,21,26). The first-order valence-corrected chi connectivity index (χ1v) is 9.83. The molecule has 3 rings (SSSR count). The van der Waals surface area contributed by atoms with Crippen LogP contribution in [0, 0.1) is 6.92 Å². The lowest BCUT2D eigenvalue weighted by Gasteiger charge is -2.17. The number of carbonyl (C=O) groups excluding carboxylic acids is 1. The van der Waals surface area contributed by atoms with Gasteiger partial charge in [-0.2, -0.15) is 4.68 Å². The van der Waals surface area contributed by atoms with Gasteiger partial charge in [-0.1, -0.05) is 48.2 Å². The Bertz CT molecular complexity index is 945. The summed E-state index contributed by atoms with van der Waals surface area (Å²) in [5.41, 5.74) is 2.85. The maximum Gasteiger partial charge on any atom is 0.233 e. The number of aromatic nitrogens is 4. The molecule has 1 heterocycles. The summed E-state index contributed by atoms with van der Waals surface area (Å²) in [6.07, 6.45) is 0. The molecule has 146 valence electrons. The zero-order valence-corrected chi connectivity index (χ0v) is 17.1. The number of hydrogen-bond donors (Lipinski definition) is 1. The fraction of sp³-hybridized carbons (Fsp3) is 0.300. The number of hydrogen-bond acceptors (Lipinski definition) is 6. The largest absolute Gasteiger partial charge is 0.494 e. The third kappa shape index (κ3) is 4.51. The summed E-state index contributed by atoms with van der Waals surface area (Å²) < 4.78 is 7.03. The number of amides is 1. The van der Waals surface area contributed by atoms with Crippen molar-refractivity contribution in [2.45, 2.75) is 37.2 Å². The van der Waals surface area contributed by atoms with Gasteiger partial charge in [-0.05, 0) is 54.5 Å². The summed E-state index contributed by atoms with van der Waals surface area (Å²) in [7, 11) is 1.60. The first kappa shape index (κ1) is 19.9. The topological polar surface area (TPSA) is 81.9 Å². The van der Waals surface area contributed by atoms with Crippen LogP contribution in [0.3, 0.4) is 0 Å². The Morgan fingerprint density at radius 2 is 1.93 bits per heavy atom. The molecular weight excluding hydrogens is 374 g/mol. The van der Waals surface area contributed by atoms with Crippen molar-refractivity contribution in [1.29, 1.82) is 0 Å². The van der Waals surface area contributed by atoms with E-state index in [9.17, 15) is 4.79 Å². The van der Waals surface area contributed by atoms with Gasteiger partial charge in [-0.25, -0.2) is 0 Å². The first-order valence-electron chi connectivity index (χ1n) is 8.95. The van der Waals surface area contributed by atoms with E-state index in [-0.39, 0.29) is 17.2 Å². The maximum atomic E-state index is 12.6. The van der Waals surface area contributed by atoms with E-state index in [2.05, 4.69) is 20.8 Å². The quantitative estimate of drug-likeness (QED) is 0.616. The minimum absolute atomic E-state index is 0.0767. The van der Waals surface area contributed by atoms with E-state index < -0.39 is 0 Å². The van der Waals surface area contributed by atoms with Gasteiger partial charge in [0.15, 0.2) is 0 Å². The summed E-state index contributed by atoms with van der Waals surface area (Å²) in [6.45, 7) is 5.79. The molecule has 0 spiro atoms. The Labute approximate surface area is 168 Å². The van der Waals surface area contributed by atoms with Crippen LogP contribution >= 0.6 is 11.8 Å².